The predicted molar refractivity (Wildman–Crippen MR) is 136 cm³/mol. The van der Waals surface area contributed by atoms with E-state index in [0.717, 1.165) is 65.1 Å². The Balaban J connectivity index is 1.40. The molecule has 3 aromatic rings. The maximum atomic E-state index is 9.80. The van der Waals surface area contributed by atoms with Crippen molar-refractivity contribution in [3.05, 3.63) is 53.9 Å². The molecule has 8 heteroatoms. The van der Waals surface area contributed by atoms with Gasteiger partial charge in [-0.1, -0.05) is 12.1 Å². The number of likely N-dealkylation sites (tertiary alicyclic amines) is 1. The number of β-amino-alcohol motifs (C(OH)–C–C–N with tert-alkyl or cyclic N) is 1. The molecule has 0 bridgehead atoms. The number of hydrogen-bond acceptors (Lipinski definition) is 7. The van der Waals surface area contributed by atoms with Crippen LogP contribution in [0.4, 0.5) is 11.5 Å². The number of aliphatic hydroxyl groups excluding tert-OH is 1. The van der Waals surface area contributed by atoms with E-state index in [1.807, 2.05) is 30.6 Å². The van der Waals surface area contributed by atoms with Gasteiger partial charge in [0.15, 0.2) is 5.82 Å². The first-order valence-corrected chi connectivity index (χ1v) is 12.0. The fraction of sp³-hybridized carbons (Fsp3) is 0.462. The highest BCUT2D eigenvalue weighted by molar-refractivity contribution is 6.62. The Bertz CT molecular complexity index is 1200. The van der Waals surface area contributed by atoms with Gasteiger partial charge < -0.3 is 19.7 Å². The number of aliphatic hydroxyl groups is 1. The molecule has 4 heterocycles. The third-order valence-corrected chi connectivity index (χ3v) is 7.45. The van der Waals surface area contributed by atoms with Crippen molar-refractivity contribution in [2.75, 3.05) is 18.4 Å². The van der Waals surface area contributed by atoms with Crippen molar-refractivity contribution in [1.29, 1.82) is 0 Å². The third kappa shape index (κ3) is 4.31. The second-order valence-electron chi connectivity index (χ2n) is 10.5. The van der Waals surface area contributed by atoms with Gasteiger partial charge in [0.1, 0.15) is 5.52 Å². The third-order valence-electron chi connectivity index (χ3n) is 7.45. The standard InChI is InChI=1S/C26H33BN4O3/c1-17-21(27-33-25(2,3)26(4,5)34-27)7-6-8-22(17)30-24-23-19(9-11-28-24)13-18(14-29-23)15-31-12-10-20(32)16-31/h6-9,11,13-14,20,32H,10,12,15-16H2,1-5H3,(H,28,30)/t20-/m1/s1. The number of rotatable bonds is 5. The summed E-state index contributed by atoms with van der Waals surface area (Å²) < 4.78 is 12.6. The zero-order valence-electron chi connectivity index (χ0n) is 20.6. The summed E-state index contributed by atoms with van der Waals surface area (Å²) in [5.41, 5.74) is 4.20. The van der Waals surface area contributed by atoms with Crippen LogP contribution in [0.15, 0.2) is 42.7 Å². The van der Waals surface area contributed by atoms with Crippen LogP contribution in [0.25, 0.3) is 10.9 Å². The number of benzene rings is 1. The van der Waals surface area contributed by atoms with Gasteiger partial charge in [0, 0.05) is 43.1 Å². The van der Waals surface area contributed by atoms with Gasteiger partial charge in [0.25, 0.3) is 0 Å². The summed E-state index contributed by atoms with van der Waals surface area (Å²) in [6.07, 6.45) is 4.34. The van der Waals surface area contributed by atoms with Crippen molar-refractivity contribution in [3.63, 3.8) is 0 Å². The number of pyridine rings is 2. The van der Waals surface area contributed by atoms with Crippen LogP contribution in [0.2, 0.25) is 0 Å². The molecule has 2 aromatic heterocycles. The number of fused-ring (bicyclic) bond motifs is 1. The lowest BCUT2D eigenvalue weighted by molar-refractivity contribution is 0.00578. The van der Waals surface area contributed by atoms with Crippen molar-refractivity contribution < 1.29 is 14.4 Å². The Labute approximate surface area is 201 Å². The maximum absolute atomic E-state index is 9.80. The summed E-state index contributed by atoms with van der Waals surface area (Å²) >= 11 is 0. The first-order chi connectivity index (χ1) is 16.1. The van der Waals surface area contributed by atoms with Crippen LogP contribution in [0.3, 0.4) is 0 Å². The fourth-order valence-electron chi connectivity index (χ4n) is 4.64. The average molecular weight is 460 g/mol. The number of aromatic nitrogens is 2. The van der Waals surface area contributed by atoms with Crippen LogP contribution >= 0.6 is 0 Å². The molecule has 34 heavy (non-hydrogen) atoms. The van der Waals surface area contributed by atoms with Gasteiger partial charge in [-0.3, -0.25) is 9.88 Å². The smallest absolute Gasteiger partial charge is 0.399 e. The molecule has 0 aliphatic carbocycles. The normalized spacial score (nSPS) is 21.9. The minimum absolute atomic E-state index is 0.218. The number of nitrogens with one attached hydrogen (secondary N) is 1. The molecule has 1 atom stereocenters. The lowest BCUT2D eigenvalue weighted by atomic mass is 9.76. The predicted octanol–water partition coefficient (Wildman–Crippen LogP) is 3.55. The van der Waals surface area contributed by atoms with E-state index in [9.17, 15) is 5.11 Å². The summed E-state index contributed by atoms with van der Waals surface area (Å²) in [4.78, 5) is 11.6. The fourth-order valence-corrected chi connectivity index (χ4v) is 4.64. The second-order valence-corrected chi connectivity index (χ2v) is 10.5. The Morgan fingerprint density at radius 1 is 1.15 bits per heavy atom. The highest BCUT2D eigenvalue weighted by Gasteiger charge is 2.52. The molecule has 0 unspecified atom stereocenters. The molecular weight excluding hydrogens is 427 g/mol. The Morgan fingerprint density at radius 2 is 1.91 bits per heavy atom. The molecule has 2 N–H and O–H groups in total. The number of anilines is 2. The molecule has 5 rings (SSSR count). The van der Waals surface area contributed by atoms with Gasteiger partial charge in [-0.25, -0.2) is 4.98 Å². The van der Waals surface area contributed by atoms with Crippen LogP contribution < -0.4 is 10.8 Å². The zero-order chi connectivity index (χ0) is 24.1. The molecule has 2 aliphatic rings. The average Bonchev–Trinajstić information content (AvgIpc) is 3.27. The van der Waals surface area contributed by atoms with Crippen LogP contribution in [-0.2, 0) is 15.9 Å². The van der Waals surface area contributed by atoms with Gasteiger partial charge in [0.2, 0.25) is 0 Å². The van der Waals surface area contributed by atoms with Gasteiger partial charge >= 0.3 is 7.12 Å². The van der Waals surface area contributed by atoms with Crippen LogP contribution in [0.5, 0.6) is 0 Å². The van der Waals surface area contributed by atoms with Crippen molar-refractivity contribution in [2.24, 2.45) is 0 Å². The van der Waals surface area contributed by atoms with Gasteiger partial charge in [0.05, 0.1) is 17.3 Å². The quantitative estimate of drug-likeness (QED) is 0.564. The van der Waals surface area contributed by atoms with E-state index in [1.165, 1.54) is 0 Å². The van der Waals surface area contributed by atoms with E-state index in [1.54, 1.807) is 0 Å². The van der Waals surface area contributed by atoms with Gasteiger partial charge in [-0.15, -0.1) is 0 Å². The largest absolute Gasteiger partial charge is 0.495 e. The van der Waals surface area contributed by atoms with Gasteiger partial charge in [-0.2, -0.15) is 0 Å². The molecule has 2 saturated heterocycles. The van der Waals surface area contributed by atoms with Crippen molar-refractivity contribution in [1.82, 2.24) is 14.9 Å². The Morgan fingerprint density at radius 3 is 2.62 bits per heavy atom. The monoisotopic (exact) mass is 460 g/mol. The van der Waals surface area contributed by atoms with Crippen molar-refractivity contribution in [3.8, 4) is 0 Å². The molecule has 0 radical (unpaired) electrons. The first kappa shape index (κ1) is 23.2. The second kappa shape index (κ2) is 8.61. The maximum Gasteiger partial charge on any atom is 0.495 e. The molecular formula is C26H33BN4O3. The topological polar surface area (TPSA) is 79.7 Å². The highest BCUT2D eigenvalue weighted by atomic mass is 16.7. The van der Waals surface area contributed by atoms with Crippen molar-refractivity contribution in [2.45, 2.75) is 64.9 Å². The molecule has 2 fully saturated rings. The zero-order valence-corrected chi connectivity index (χ0v) is 20.6. The van der Waals surface area contributed by atoms with Crippen LogP contribution in [-0.4, -0.2) is 57.5 Å². The number of nitrogens with zero attached hydrogens (tertiary/aromatic N) is 3. The molecule has 2 aliphatic heterocycles. The Hall–Kier alpha value is -2.52. The van der Waals surface area contributed by atoms with Gasteiger partial charge in [-0.05, 0) is 75.8 Å². The molecule has 1 aromatic carbocycles. The van der Waals surface area contributed by atoms with E-state index in [0.29, 0.717) is 0 Å². The number of hydrogen-bond donors (Lipinski definition) is 2. The summed E-state index contributed by atoms with van der Waals surface area (Å²) in [7, 11) is -0.419. The lowest BCUT2D eigenvalue weighted by Crippen LogP contribution is -2.41. The van der Waals surface area contributed by atoms with E-state index >= 15 is 0 Å². The van der Waals surface area contributed by atoms with E-state index in [4.69, 9.17) is 14.3 Å². The Kier molecular flexibility index (Phi) is 5.88. The minimum atomic E-state index is -0.419. The van der Waals surface area contributed by atoms with E-state index in [-0.39, 0.29) is 17.3 Å². The summed E-state index contributed by atoms with van der Waals surface area (Å²) in [5, 5.41) is 14.3. The first-order valence-electron chi connectivity index (χ1n) is 12.0. The van der Waals surface area contributed by atoms with Crippen molar-refractivity contribution >= 4 is 35.0 Å². The minimum Gasteiger partial charge on any atom is -0.399 e. The SMILES string of the molecule is Cc1c(Nc2nccc3cc(CN4CC[C@@H](O)C4)cnc23)cccc1B1OC(C)(C)C(C)(C)O1. The van der Waals surface area contributed by atoms with E-state index < -0.39 is 7.12 Å². The lowest BCUT2D eigenvalue weighted by Gasteiger charge is -2.32. The van der Waals surface area contributed by atoms with E-state index in [2.05, 4.69) is 62.0 Å². The van der Waals surface area contributed by atoms with Crippen LogP contribution in [0.1, 0.15) is 45.2 Å². The molecule has 178 valence electrons. The molecule has 0 spiro atoms. The highest BCUT2D eigenvalue weighted by Crippen LogP contribution is 2.37. The molecule has 0 saturated carbocycles. The molecule has 7 nitrogen and oxygen atoms in total. The molecule has 0 amide bonds. The summed E-state index contributed by atoms with van der Waals surface area (Å²) in [5.74, 6) is 0.717. The summed E-state index contributed by atoms with van der Waals surface area (Å²) in [6.45, 7) is 12.8. The van der Waals surface area contributed by atoms with Crippen LogP contribution in [0, 0.1) is 6.92 Å². The summed E-state index contributed by atoms with van der Waals surface area (Å²) in [6, 6.07) is 10.3.